The molecule has 1 saturated heterocycles. The molecule has 0 spiro atoms. The quantitative estimate of drug-likeness (QED) is 0.770. The fourth-order valence-electron chi connectivity index (χ4n) is 5.05. The third-order valence-electron chi connectivity index (χ3n) is 7.02. The molecule has 3 aliphatic heterocycles. The molecule has 5 rings (SSSR count). The number of rotatable bonds is 4. The molecular formula is C25H30N4O4. The summed E-state index contributed by atoms with van der Waals surface area (Å²) >= 11 is 0. The molecule has 174 valence electrons. The SMILES string of the molecule is Cc1ncc2c(c1CNC(=O)c1ccc3c(c1)OCO3)CCN(C(=O)[C@@H]1CCCCN1C)C2. The van der Waals surface area contributed by atoms with E-state index in [0.717, 1.165) is 49.0 Å². The first-order valence-electron chi connectivity index (χ1n) is 11.6. The number of aryl methyl sites for hydroxylation is 1. The molecule has 0 radical (unpaired) electrons. The van der Waals surface area contributed by atoms with Gasteiger partial charge < -0.3 is 19.7 Å². The Hall–Kier alpha value is -3.13. The van der Waals surface area contributed by atoms with E-state index >= 15 is 0 Å². The molecule has 1 aromatic carbocycles. The molecule has 3 aliphatic rings. The predicted octanol–water partition coefficient (Wildman–Crippen LogP) is 2.42. The maximum atomic E-state index is 13.2. The highest BCUT2D eigenvalue weighted by molar-refractivity contribution is 5.95. The summed E-state index contributed by atoms with van der Waals surface area (Å²) in [5, 5.41) is 3.03. The molecule has 0 aliphatic carbocycles. The van der Waals surface area contributed by atoms with Crippen LogP contribution in [0.2, 0.25) is 0 Å². The zero-order valence-corrected chi connectivity index (χ0v) is 19.2. The maximum Gasteiger partial charge on any atom is 0.251 e. The van der Waals surface area contributed by atoms with Gasteiger partial charge in [0.15, 0.2) is 11.5 Å². The molecule has 0 unspecified atom stereocenters. The summed E-state index contributed by atoms with van der Waals surface area (Å²) in [6.07, 6.45) is 5.86. The zero-order chi connectivity index (χ0) is 22.9. The topological polar surface area (TPSA) is 84.0 Å². The minimum absolute atomic E-state index is 0.0147. The number of amides is 2. The third kappa shape index (κ3) is 4.27. The Bertz CT molecular complexity index is 1090. The van der Waals surface area contributed by atoms with Gasteiger partial charge in [-0.3, -0.25) is 19.5 Å². The molecule has 8 heteroatoms. The van der Waals surface area contributed by atoms with Gasteiger partial charge >= 0.3 is 0 Å². The number of pyridine rings is 1. The van der Waals surface area contributed by atoms with Crippen molar-refractivity contribution < 1.29 is 19.1 Å². The molecule has 1 atom stereocenters. The predicted molar refractivity (Wildman–Crippen MR) is 122 cm³/mol. The number of aromatic nitrogens is 1. The van der Waals surface area contributed by atoms with Crippen LogP contribution in [0.25, 0.3) is 0 Å². The molecular weight excluding hydrogens is 420 g/mol. The van der Waals surface area contributed by atoms with E-state index in [9.17, 15) is 9.59 Å². The minimum Gasteiger partial charge on any atom is -0.454 e. The van der Waals surface area contributed by atoms with Gasteiger partial charge in [0, 0.05) is 37.1 Å². The lowest BCUT2D eigenvalue weighted by atomic mass is 9.93. The second kappa shape index (κ2) is 9.02. The second-order valence-electron chi connectivity index (χ2n) is 9.08. The number of fused-ring (bicyclic) bond motifs is 2. The highest BCUT2D eigenvalue weighted by atomic mass is 16.7. The van der Waals surface area contributed by atoms with Gasteiger partial charge in [-0.2, -0.15) is 0 Å². The maximum absolute atomic E-state index is 13.2. The van der Waals surface area contributed by atoms with E-state index in [-0.39, 0.29) is 24.6 Å². The van der Waals surface area contributed by atoms with Gasteiger partial charge in [0.1, 0.15) is 0 Å². The number of ether oxygens (including phenoxy) is 2. The van der Waals surface area contributed by atoms with Crippen molar-refractivity contribution in [3.63, 3.8) is 0 Å². The number of nitrogens with zero attached hydrogens (tertiary/aromatic N) is 3. The molecule has 33 heavy (non-hydrogen) atoms. The summed E-state index contributed by atoms with van der Waals surface area (Å²) in [7, 11) is 2.05. The van der Waals surface area contributed by atoms with Gasteiger partial charge in [0.05, 0.1) is 6.04 Å². The van der Waals surface area contributed by atoms with Crippen molar-refractivity contribution in [2.24, 2.45) is 0 Å². The van der Waals surface area contributed by atoms with E-state index < -0.39 is 0 Å². The fourth-order valence-corrected chi connectivity index (χ4v) is 5.05. The van der Waals surface area contributed by atoms with E-state index in [2.05, 4.69) is 15.2 Å². The van der Waals surface area contributed by atoms with Crippen LogP contribution in [-0.4, -0.2) is 59.6 Å². The van der Waals surface area contributed by atoms with Gasteiger partial charge in [-0.05, 0) is 74.7 Å². The number of likely N-dealkylation sites (N-methyl/N-ethyl adjacent to an activating group) is 1. The first-order chi connectivity index (χ1) is 16.0. The van der Waals surface area contributed by atoms with Crippen LogP contribution in [0.4, 0.5) is 0 Å². The molecule has 2 amide bonds. The first-order valence-corrected chi connectivity index (χ1v) is 11.6. The lowest BCUT2D eigenvalue weighted by molar-refractivity contribution is -0.138. The minimum atomic E-state index is -0.168. The lowest BCUT2D eigenvalue weighted by Crippen LogP contribution is -2.50. The van der Waals surface area contributed by atoms with Gasteiger partial charge in [0.25, 0.3) is 5.91 Å². The number of benzene rings is 1. The molecule has 0 saturated carbocycles. The van der Waals surface area contributed by atoms with Gasteiger partial charge in [-0.25, -0.2) is 0 Å². The fraction of sp³-hybridized carbons (Fsp3) is 0.480. The highest BCUT2D eigenvalue weighted by Gasteiger charge is 2.32. The van der Waals surface area contributed by atoms with Crippen LogP contribution in [0, 0.1) is 6.92 Å². The summed E-state index contributed by atoms with van der Waals surface area (Å²) < 4.78 is 10.7. The van der Waals surface area contributed by atoms with Crippen molar-refractivity contribution in [2.45, 2.75) is 51.7 Å². The van der Waals surface area contributed by atoms with Crippen LogP contribution in [0.3, 0.4) is 0 Å². The Labute approximate surface area is 193 Å². The van der Waals surface area contributed by atoms with Crippen LogP contribution >= 0.6 is 0 Å². The van der Waals surface area contributed by atoms with Gasteiger partial charge in [-0.15, -0.1) is 0 Å². The van der Waals surface area contributed by atoms with Crippen LogP contribution in [0.15, 0.2) is 24.4 Å². The van der Waals surface area contributed by atoms with Crippen LogP contribution < -0.4 is 14.8 Å². The molecule has 0 bridgehead atoms. The largest absolute Gasteiger partial charge is 0.454 e. The number of nitrogens with one attached hydrogen (secondary N) is 1. The summed E-state index contributed by atoms with van der Waals surface area (Å²) in [6, 6.07) is 5.18. The summed E-state index contributed by atoms with van der Waals surface area (Å²) in [6.45, 7) is 4.80. The van der Waals surface area contributed by atoms with E-state index in [4.69, 9.17) is 9.47 Å². The van der Waals surface area contributed by atoms with Crippen molar-refractivity contribution in [2.75, 3.05) is 26.9 Å². The molecule has 1 N–H and O–H groups in total. The van der Waals surface area contributed by atoms with E-state index in [1.807, 2.05) is 25.1 Å². The highest BCUT2D eigenvalue weighted by Crippen LogP contribution is 2.32. The Kier molecular flexibility index (Phi) is 5.93. The summed E-state index contributed by atoms with van der Waals surface area (Å²) in [4.78, 5) is 34.7. The van der Waals surface area contributed by atoms with Gasteiger partial charge in [-0.1, -0.05) is 6.42 Å². The third-order valence-corrected chi connectivity index (χ3v) is 7.02. The summed E-state index contributed by atoms with van der Waals surface area (Å²) in [5.41, 5.74) is 4.76. The van der Waals surface area contributed by atoms with E-state index in [1.54, 1.807) is 18.2 Å². The molecule has 8 nitrogen and oxygen atoms in total. The van der Waals surface area contributed by atoms with Crippen LogP contribution in [-0.2, 0) is 24.3 Å². The van der Waals surface area contributed by atoms with E-state index in [0.29, 0.717) is 36.7 Å². The Balaban J connectivity index is 1.28. The average Bonchev–Trinajstić information content (AvgIpc) is 3.31. The number of piperidine rings is 1. The Morgan fingerprint density at radius 2 is 2.03 bits per heavy atom. The van der Waals surface area contributed by atoms with E-state index in [1.165, 1.54) is 5.56 Å². The normalized spacial score (nSPS) is 19.8. The lowest BCUT2D eigenvalue weighted by Gasteiger charge is -2.37. The second-order valence-corrected chi connectivity index (χ2v) is 9.08. The van der Waals surface area contributed by atoms with Crippen molar-refractivity contribution in [3.05, 3.63) is 52.3 Å². The number of hydrogen-bond acceptors (Lipinski definition) is 6. The van der Waals surface area contributed by atoms with Crippen molar-refractivity contribution in [1.82, 2.24) is 20.1 Å². The number of carbonyl (C=O) groups is 2. The molecule has 2 aromatic rings. The Morgan fingerprint density at radius 1 is 1.18 bits per heavy atom. The van der Waals surface area contributed by atoms with Crippen molar-refractivity contribution in [1.29, 1.82) is 0 Å². The van der Waals surface area contributed by atoms with Crippen LogP contribution in [0.5, 0.6) is 11.5 Å². The number of likely N-dealkylation sites (tertiary alicyclic amines) is 1. The van der Waals surface area contributed by atoms with Crippen molar-refractivity contribution >= 4 is 11.8 Å². The smallest absolute Gasteiger partial charge is 0.251 e. The molecule has 1 aromatic heterocycles. The van der Waals surface area contributed by atoms with Crippen LogP contribution in [0.1, 0.15) is 52.0 Å². The first kappa shape index (κ1) is 21.7. The van der Waals surface area contributed by atoms with Gasteiger partial charge in [0.2, 0.25) is 12.7 Å². The summed E-state index contributed by atoms with van der Waals surface area (Å²) in [5.74, 6) is 1.30. The number of hydrogen-bond donors (Lipinski definition) is 1. The monoisotopic (exact) mass is 450 g/mol. The average molecular weight is 451 g/mol. The zero-order valence-electron chi connectivity index (χ0n) is 19.2. The molecule has 4 heterocycles. The number of carbonyl (C=O) groups excluding carboxylic acids is 2. The van der Waals surface area contributed by atoms with Crippen molar-refractivity contribution in [3.8, 4) is 11.5 Å². The molecule has 1 fully saturated rings. The standard InChI is InChI=1S/C25H30N4O4/c1-16-20(13-27-24(30)17-6-7-22-23(11-17)33-15-32-22)19-8-10-29(14-18(19)12-26-16)25(31)21-5-3-4-9-28(21)2/h6-7,11-12,21H,3-5,8-10,13-15H2,1-2H3,(H,27,30)/t21-/m0/s1. The Morgan fingerprint density at radius 3 is 2.88 bits per heavy atom.